The summed E-state index contributed by atoms with van der Waals surface area (Å²) < 4.78 is 9.19. The van der Waals surface area contributed by atoms with Crippen molar-refractivity contribution in [1.29, 1.82) is 0 Å². The van der Waals surface area contributed by atoms with E-state index in [2.05, 4.69) is 16.6 Å². The number of fused-ring (bicyclic) bond motifs is 1. The van der Waals surface area contributed by atoms with E-state index < -0.39 is 0 Å². The van der Waals surface area contributed by atoms with Gasteiger partial charge < -0.3 is 8.98 Å². The van der Waals surface area contributed by atoms with Crippen molar-refractivity contribution < 1.29 is 4.42 Å². The Morgan fingerprint density at radius 2 is 2.24 bits per heavy atom. The largest absolute Gasteiger partial charge is 0.472 e. The fourth-order valence-corrected chi connectivity index (χ4v) is 2.86. The molecule has 0 radical (unpaired) electrons. The first kappa shape index (κ1) is 14.2. The highest BCUT2D eigenvalue weighted by Gasteiger charge is 2.21. The molecule has 0 aliphatic carbocycles. The van der Waals surface area contributed by atoms with Gasteiger partial charge in [0.25, 0.3) is 0 Å². The number of rotatable bonds is 5. The van der Waals surface area contributed by atoms with Crippen LogP contribution in [0.25, 0.3) is 11.2 Å². The van der Waals surface area contributed by atoms with E-state index in [-0.39, 0.29) is 5.38 Å². The van der Waals surface area contributed by atoms with Crippen LogP contribution in [0.5, 0.6) is 0 Å². The maximum atomic E-state index is 6.32. The summed E-state index contributed by atoms with van der Waals surface area (Å²) in [6, 6.07) is 1.96. The smallest absolute Gasteiger partial charge is 0.159 e. The monoisotopic (exact) mass is 306 g/mol. The lowest BCUT2D eigenvalue weighted by Crippen LogP contribution is -2.08. The second-order valence-corrected chi connectivity index (χ2v) is 5.95. The van der Waals surface area contributed by atoms with Crippen LogP contribution in [0.4, 0.5) is 0 Å². The quantitative estimate of drug-likeness (QED) is 0.676. The predicted molar refractivity (Wildman–Crippen MR) is 82.6 cm³/mol. The van der Waals surface area contributed by atoms with Gasteiger partial charge in [-0.15, -0.1) is 11.6 Å². The molecule has 0 saturated carbocycles. The molecule has 3 aromatic rings. The molecular formula is C15H19ClN4O. The summed E-state index contributed by atoms with van der Waals surface area (Å²) in [5.74, 6) is 0.873. The van der Waals surface area contributed by atoms with Gasteiger partial charge in [-0.1, -0.05) is 13.3 Å². The predicted octanol–water partition coefficient (Wildman–Crippen LogP) is 3.66. The Morgan fingerprint density at radius 3 is 2.86 bits per heavy atom. The van der Waals surface area contributed by atoms with Gasteiger partial charge >= 0.3 is 0 Å². The molecule has 0 bridgehead atoms. The summed E-state index contributed by atoms with van der Waals surface area (Å²) in [5, 5.41) is 4.44. The first-order valence-electron chi connectivity index (χ1n) is 7.19. The van der Waals surface area contributed by atoms with Crippen LogP contribution in [0.1, 0.15) is 42.7 Å². The zero-order valence-electron chi connectivity index (χ0n) is 12.5. The van der Waals surface area contributed by atoms with Gasteiger partial charge in [0.05, 0.1) is 30.1 Å². The summed E-state index contributed by atoms with van der Waals surface area (Å²) in [6.45, 7) is 4.78. The van der Waals surface area contributed by atoms with Crippen LogP contribution in [-0.4, -0.2) is 19.3 Å². The molecule has 0 N–H and O–H groups in total. The maximum Gasteiger partial charge on any atom is 0.159 e. The van der Waals surface area contributed by atoms with Crippen molar-refractivity contribution in [2.45, 2.75) is 38.6 Å². The molecule has 21 heavy (non-hydrogen) atoms. The molecule has 1 atom stereocenters. The molecule has 112 valence electrons. The van der Waals surface area contributed by atoms with Gasteiger partial charge in [-0.05, 0) is 19.4 Å². The second-order valence-electron chi connectivity index (χ2n) is 5.30. The number of halogens is 1. The number of hydrogen-bond acceptors (Lipinski definition) is 3. The Morgan fingerprint density at radius 1 is 1.43 bits per heavy atom. The molecular weight excluding hydrogens is 288 g/mol. The number of nitrogens with zero attached hydrogens (tertiary/aromatic N) is 4. The zero-order valence-corrected chi connectivity index (χ0v) is 13.3. The van der Waals surface area contributed by atoms with Crippen molar-refractivity contribution >= 4 is 22.8 Å². The van der Waals surface area contributed by atoms with Gasteiger partial charge in [0, 0.05) is 12.6 Å². The molecule has 5 nitrogen and oxygen atoms in total. The average Bonchev–Trinajstić information content (AvgIpc) is 3.11. The molecule has 0 fully saturated rings. The second kappa shape index (κ2) is 5.56. The summed E-state index contributed by atoms with van der Waals surface area (Å²) in [7, 11) is 1.96. The fourth-order valence-electron chi connectivity index (χ4n) is 2.69. The lowest BCUT2D eigenvalue weighted by Gasteiger charge is -2.09. The van der Waals surface area contributed by atoms with Gasteiger partial charge in [-0.25, -0.2) is 4.98 Å². The standard InChI is InChI=1S/C15H19ClN4O/c1-4-5-12-13-15(19(3)18-12)20(14(17-13)10(2)16)8-11-6-7-21-9-11/h6-7,9-10H,4-5,8H2,1-3H3. The van der Waals surface area contributed by atoms with E-state index in [1.165, 1.54) is 0 Å². The Hall–Kier alpha value is -1.75. The van der Waals surface area contributed by atoms with Crippen molar-refractivity contribution in [3.8, 4) is 0 Å². The Bertz CT molecular complexity index is 739. The van der Waals surface area contributed by atoms with Crippen LogP contribution < -0.4 is 0 Å². The van der Waals surface area contributed by atoms with Gasteiger partial charge in [-0.3, -0.25) is 4.68 Å². The SMILES string of the molecule is CCCc1nn(C)c2c1nc(C(C)Cl)n2Cc1ccoc1. The molecule has 0 amide bonds. The molecule has 3 heterocycles. The molecule has 3 rings (SSSR count). The van der Waals surface area contributed by atoms with Gasteiger partial charge in [-0.2, -0.15) is 5.10 Å². The zero-order chi connectivity index (χ0) is 15.0. The lowest BCUT2D eigenvalue weighted by atomic mass is 10.2. The van der Waals surface area contributed by atoms with E-state index >= 15 is 0 Å². The van der Waals surface area contributed by atoms with Crippen LogP contribution in [0.15, 0.2) is 23.0 Å². The first-order valence-corrected chi connectivity index (χ1v) is 7.62. The van der Waals surface area contributed by atoms with Gasteiger partial charge in [0.1, 0.15) is 11.3 Å². The number of alkyl halides is 1. The summed E-state index contributed by atoms with van der Waals surface area (Å²) in [4.78, 5) is 4.75. The summed E-state index contributed by atoms with van der Waals surface area (Å²) >= 11 is 6.32. The van der Waals surface area contributed by atoms with Crippen LogP contribution in [0, 0.1) is 0 Å². The van der Waals surface area contributed by atoms with Crippen LogP contribution in [0.3, 0.4) is 0 Å². The highest BCUT2D eigenvalue weighted by atomic mass is 35.5. The van der Waals surface area contributed by atoms with Gasteiger partial charge in [0.15, 0.2) is 5.65 Å². The first-order chi connectivity index (χ1) is 10.1. The number of hydrogen-bond donors (Lipinski definition) is 0. The third-order valence-electron chi connectivity index (χ3n) is 3.58. The molecule has 1 unspecified atom stereocenters. The average molecular weight is 307 g/mol. The van der Waals surface area contributed by atoms with Gasteiger partial charge in [0.2, 0.25) is 0 Å². The Balaban J connectivity index is 2.17. The van der Waals surface area contributed by atoms with E-state index in [9.17, 15) is 0 Å². The normalized spacial score (nSPS) is 13.1. The highest BCUT2D eigenvalue weighted by Crippen LogP contribution is 2.27. The van der Waals surface area contributed by atoms with E-state index in [1.54, 1.807) is 12.5 Å². The third kappa shape index (κ3) is 2.46. The van der Waals surface area contributed by atoms with Crippen molar-refractivity contribution in [2.24, 2.45) is 7.05 Å². The van der Waals surface area contributed by atoms with E-state index in [0.29, 0.717) is 6.54 Å². The van der Waals surface area contributed by atoms with Crippen molar-refractivity contribution in [1.82, 2.24) is 19.3 Å². The fraction of sp³-hybridized carbons (Fsp3) is 0.467. The Labute approximate surface area is 128 Å². The van der Waals surface area contributed by atoms with Crippen LogP contribution >= 0.6 is 11.6 Å². The molecule has 0 aromatic carbocycles. The molecule has 6 heteroatoms. The molecule has 0 aliphatic rings. The minimum Gasteiger partial charge on any atom is -0.472 e. The third-order valence-corrected chi connectivity index (χ3v) is 3.78. The minimum absolute atomic E-state index is 0.154. The van der Waals surface area contributed by atoms with E-state index in [4.69, 9.17) is 21.0 Å². The molecule has 0 aliphatic heterocycles. The minimum atomic E-state index is -0.154. The number of aromatic nitrogens is 4. The van der Waals surface area contributed by atoms with Crippen molar-refractivity contribution in [2.75, 3.05) is 0 Å². The number of imidazole rings is 1. The Kier molecular flexibility index (Phi) is 3.76. The molecule has 0 spiro atoms. The number of aryl methyl sites for hydroxylation is 2. The van der Waals surface area contributed by atoms with Crippen molar-refractivity contribution in [3.05, 3.63) is 35.7 Å². The van der Waals surface area contributed by atoms with Crippen LogP contribution in [0.2, 0.25) is 0 Å². The van der Waals surface area contributed by atoms with E-state index in [0.717, 1.165) is 41.1 Å². The molecule has 3 aromatic heterocycles. The molecule has 0 saturated heterocycles. The summed E-state index contributed by atoms with van der Waals surface area (Å²) in [6.07, 6.45) is 5.40. The summed E-state index contributed by atoms with van der Waals surface area (Å²) in [5.41, 5.74) is 4.11. The topological polar surface area (TPSA) is 48.8 Å². The van der Waals surface area contributed by atoms with Crippen LogP contribution in [-0.2, 0) is 20.0 Å². The number of furan rings is 1. The van der Waals surface area contributed by atoms with E-state index in [1.807, 2.05) is 24.7 Å². The van der Waals surface area contributed by atoms with Crippen molar-refractivity contribution in [3.63, 3.8) is 0 Å². The maximum absolute atomic E-state index is 6.32. The highest BCUT2D eigenvalue weighted by molar-refractivity contribution is 6.20. The lowest BCUT2D eigenvalue weighted by molar-refractivity contribution is 0.561.